The third-order valence-corrected chi connectivity index (χ3v) is 6.42. The molecule has 1 heterocycles. The van der Waals surface area contributed by atoms with Crippen LogP contribution in [0.15, 0.2) is 47.7 Å². The van der Waals surface area contributed by atoms with E-state index in [1.165, 1.54) is 12.1 Å². The fourth-order valence-electron chi connectivity index (χ4n) is 4.36. The van der Waals surface area contributed by atoms with Gasteiger partial charge in [0.2, 0.25) is 5.90 Å². The Labute approximate surface area is 201 Å². The van der Waals surface area contributed by atoms with Crippen LogP contribution in [-0.4, -0.2) is 11.7 Å². The predicted molar refractivity (Wildman–Crippen MR) is 123 cm³/mol. The number of nitriles is 1. The first kappa shape index (κ1) is 23.3. The van der Waals surface area contributed by atoms with Crippen LogP contribution in [-0.2, 0) is 16.1 Å². The zero-order chi connectivity index (χ0) is 23.9. The molecule has 2 aromatic rings. The molecule has 2 unspecified atom stereocenters. The summed E-state index contributed by atoms with van der Waals surface area (Å²) in [5.41, 5.74) is 1.39. The SMILES string of the molecule is CC1(C)CC(=O)C2=C(C1)OC(=N)C(C#N)C2c1cc(Cl)c(OCc2ccc(F)cc2)c(Cl)c1. The number of hydrogen-bond acceptors (Lipinski definition) is 5. The molecule has 8 heteroatoms. The van der Waals surface area contributed by atoms with E-state index in [2.05, 4.69) is 6.07 Å². The number of carbonyl (C=O) groups excluding carboxylic acids is 1. The molecular formula is C25H21Cl2FN2O3. The van der Waals surface area contributed by atoms with Crippen molar-refractivity contribution in [1.29, 1.82) is 10.7 Å². The van der Waals surface area contributed by atoms with Gasteiger partial charge in [-0.05, 0) is 40.8 Å². The Hall–Kier alpha value is -2.88. The molecule has 5 nitrogen and oxygen atoms in total. The number of benzene rings is 2. The van der Waals surface area contributed by atoms with Gasteiger partial charge in [0.05, 0.1) is 16.1 Å². The summed E-state index contributed by atoms with van der Waals surface area (Å²) < 4.78 is 24.5. The van der Waals surface area contributed by atoms with E-state index < -0.39 is 11.8 Å². The lowest BCUT2D eigenvalue weighted by atomic mass is 9.68. The maximum Gasteiger partial charge on any atom is 0.205 e. The van der Waals surface area contributed by atoms with Crippen molar-refractivity contribution >= 4 is 34.9 Å². The van der Waals surface area contributed by atoms with Crippen molar-refractivity contribution < 1.29 is 18.7 Å². The van der Waals surface area contributed by atoms with Crippen LogP contribution in [0, 0.1) is 33.9 Å². The number of ketones is 1. The zero-order valence-corrected chi connectivity index (χ0v) is 19.6. The summed E-state index contributed by atoms with van der Waals surface area (Å²) in [7, 11) is 0. The molecule has 0 fully saturated rings. The van der Waals surface area contributed by atoms with Gasteiger partial charge in [0.25, 0.3) is 0 Å². The Kier molecular flexibility index (Phi) is 6.22. The van der Waals surface area contributed by atoms with Gasteiger partial charge in [-0.25, -0.2) is 4.39 Å². The van der Waals surface area contributed by atoms with Crippen molar-refractivity contribution in [1.82, 2.24) is 0 Å². The van der Waals surface area contributed by atoms with E-state index in [0.29, 0.717) is 29.7 Å². The molecule has 0 amide bonds. The number of rotatable bonds is 4. The van der Waals surface area contributed by atoms with Gasteiger partial charge in [0, 0.05) is 24.3 Å². The Morgan fingerprint density at radius 2 is 1.85 bits per heavy atom. The second kappa shape index (κ2) is 8.81. The van der Waals surface area contributed by atoms with Crippen molar-refractivity contribution in [3.05, 3.63) is 74.7 Å². The minimum atomic E-state index is -0.980. The Bertz CT molecular complexity index is 1190. The fourth-order valence-corrected chi connectivity index (χ4v) is 4.97. The first-order valence-electron chi connectivity index (χ1n) is 10.4. The number of nitrogens with zero attached hydrogens (tertiary/aromatic N) is 1. The van der Waals surface area contributed by atoms with E-state index in [1.54, 1.807) is 24.3 Å². The molecule has 0 spiro atoms. The van der Waals surface area contributed by atoms with Gasteiger partial charge in [-0.3, -0.25) is 10.2 Å². The fraction of sp³-hybridized carbons (Fsp3) is 0.320. The van der Waals surface area contributed by atoms with Gasteiger partial charge in [0.1, 0.15) is 24.1 Å². The van der Waals surface area contributed by atoms with Crippen LogP contribution in [0.4, 0.5) is 4.39 Å². The molecule has 1 N–H and O–H groups in total. The Balaban J connectivity index is 1.70. The van der Waals surface area contributed by atoms with Crippen LogP contribution >= 0.6 is 23.2 Å². The Morgan fingerprint density at radius 1 is 1.21 bits per heavy atom. The number of Topliss-reactive ketones (excluding diaryl/α,β-unsaturated/α-hetero) is 1. The van der Waals surface area contributed by atoms with Crippen molar-refractivity contribution in [2.45, 2.75) is 39.2 Å². The van der Waals surface area contributed by atoms with Gasteiger partial charge in [-0.15, -0.1) is 0 Å². The molecule has 1 aliphatic carbocycles. The number of ether oxygens (including phenoxy) is 2. The third kappa shape index (κ3) is 4.62. The molecule has 0 radical (unpaired) electrons. The molecule has 0 saturated carbocycles. The highest BCUT2D eigenvalue weighted by atomic mass is 35.5. The summed E-state index contributed by atoms with van der Waals surface area (Å²) in [4.78, 5) is 13.1. The van der Waals surface area contributed by atoms with Crippen LogP contribution in [0.2, 0.25) is 10.0 Å². The molecule has 2 aliphatic rings. The predicted octanol–water partition coefficient (Wildman–Crippen LogP) is 6.59. The minimum absolute atomic E-state index is 0.108. The van der Waals surface area contributed by atoms with Crippen LogP contribution in [0.3, 0.4) is 0 Å². The lowest BCUT2D eigenvalue weighted by Crippen LogP contribution is -2.38. The van der Waals surface area contributed by atoms with Gasteiger partial charge < -0.3 is 9.47 Å². The summed E-state index contributed by atoms with van der Waals surface area (Å²) >= 11 is 13.0. The average Bonchev–Trinajstić information content (AvgIpc) is 2.72. The summed E-state index contributed by atoms with van der Waals surface area (Å²) in [5.74, 6) is -1.67. The van der Waals surface area contributed by atoms with E-state index in [0.717, 1.165) is 5.56 Å². The van der Waals surface area contributed by atoms with E-state index in [-0.39, 0.29) is 45.3 Å². The normalized spacial score (nSPS) is 21.8. The molecule has 2 atom stereocenters. The molecular weight excluding hydrogens is 466 g/mol. The number of halogens is 3. The first-order valence-corrected chi connectivity index (χ1v) is 11.1. The van der Waals surface area contributed by atoms with Gasteiger partial charge >= 0.3 is 0 Å². The molecule has 0 aromatic heterocycles. The lowest BCUT2D eigenvalue weighted by molar-refractivity contribution is -0.119. The maximum absolute atomic E-state index is 13.1. The van der Waals surface area contributed by atoms with Crippen molar-refractivity contribution in [3.8, 4) is 11.8 Å². The topological polar surface area (TPSA) is 83.2 Å². The third-order valence-electron chi connectivity index (χ3n) is 5.85. The van der Waals surface area contributed by atoms with E-state index >= 15 is 0 Å². The molecule has 1 aliphatic heterocycles. The van der Waals surface area contributed by atoms with Crippen molar-refractivity contribution in [2.75, 3.05) is 0 Å². The zero-order valence-electron chi connectivity index (χ0n) is 18.0. The molecule has 33 heavy (non-hydrogen) atoms. The van der Waals surface area contributed by atoms with Crippen LogP contribution < -0.4 is 4.74 Å². The van der Waals surface area contributed by atoms with Crippen LogP contribution in [0.1, 0.15) is 43.7 Å². The molecule has 0 saturated heterocycles. The number of hydrogen-bond donors (Lipinski definition) is 1. The number of allylic oxidation sites excluding steroid dienone is 2. The molecule has 2 aromatic carbocycles. The second-order valence-electron chi connectivity index (χ2n) is 9.06. The highest BCUT2D eigenvalue weighted by molar-refractivity contribution is 6.37. The largest absolute Gasteiger partial charge is 0.486 e. The highest BCUT2D eigenvalue weighted by Crippen LogP contribution is 2.49. The Morgan fingerprint density at radius 3 is 2.45 bits per heavy atom. The van der Waals surface area contributed by atoms with Crippen molar-refractivity contribution in [2.24, 2.45) is 11.3 Å². The van der Waals surface area contributed by atoms with Gasteiger partial charge in [-0.1, -0.05) is 49.2 Å². The van der Waals surface area contributed by atoms with Crippen molar-refractivity contribution in [3.63, 3.8) is 0 Å². The second-order valence-corrected chi connectivity index (χ2v) is 9.87. The van der Waals surface area contributed by atoms with E-state index in [4.69, 9.17) is 38.1 Å². The quantitative estimate of drug-likeness (QED) is 0.528. The highest BCUT2D eigenvalue weighted by Gasteiger charge is 2.46. The monoisotopic (exact) mass is 486 g/mol. The lowest BCUT2D eigenvalue weighted by Gasteiger charge is -2.39. The minimum Gasteiger partial charge on any atom is -0.486 e. The standard InChI is InChI=1S/C25H21Cl2FN2O3/c1-25(2)9-19(31)22-20(10-25)33-24(30)16(11-29)21(22)14-7-17(26)23(18(27)8-14)32-12-13-3-5-15(28)6-4-13/h3-8,16,21,30H,9-10,12H2,1-2H3. The van der Waals surface area contributed by atoms with E-state index in [1.807, 2.05) is 13.8 Å². The van der Waals surface area contributed by atoms with E-state index in [9.17, 15) is 14.4 Å². The smallest absolute Gasteiger partial charge is 0.205 e. The summed E-state index contributed by atoms with van der Waals surface area (Å²) in [6.07, 6.45) is 0.808. The summed E-state index contributed by atoms with van der Waals surface area (Å²) in [6, 6.07) is 11.2. The van der Waals surface area contributed by atoms with Gasteiger partial charge in [0.15, 0.2) is 11.5 Å². The maximum atomic E-state index is 13.1. The molecule has 4 rings (SSSR count). The number of carbonyl (C=O) groups is 1. The first-order chi connectivity index (χ1) is 15.6. The summed E-state index contributed by atoms with van der Waals surface area (Å²) in [6.45, 7) is 4.06. The van der Waals surface area contributed by atoms with Crippen LogP contribution in [0.25, 0.3) is 0 Å². The average molecular weight is 487 g/mol. The molecule has 0 bridgehead atoms. The van der Waals surface area contributed by atoms with Crippen LogP contribution in [0.5, 0.6) is 5.75 Å². The van der Waals surface area contributed by atoms with Gasteiger partial charge in [-0.2, -0.15) is 5.26 Å². The number of nitrogens with one attached hydrogen (secondary N) is 1. The molecule has 170 valence electrons. The summed E-state index contributed by atoms with van der Waals surface area (Å²) in [5, 5.41) is 18.5.